The molecule has 1 atom stereocenters. The van der Waals surface area contributed by atoms with Crippen molar-refractivity contribution < 1.29 is 14.7 Å². The van der Waals surface area contributed by atoms with Gasteiger partial charge < -0.3 is 10.4 Å². The molecule has 0 aliphatic rings. The monoisotopic (exact) mass is 310 g/mol. The van der Waals surface area contributed by atoms with Gasteiger partial charge in [-0.25, -0.2) is 9.78 Å². The maximum absolute atomic E-state index is 12.0. The summed E-state index contributed by atoms with van der Waals surface area (Å²) in [5, 5.41) is 15.9. The lowest BCUT2D eigenvalue weighted by Gasteiger charge is -2.16. The van der Waals surface area contributed by atoms with Crippen molar-refractivity contribution in [2.24, 2.45) is 5.92 Å². The van der Waals surface area contributed by atoms with Crippen LogP contribution in [-0.4, -0.2) is 28.0 Å². The molecular weight excluding hydrogens is 296 g/mol. The molecule has 2 aromatic rings. The van der Waals surface area contributed by atoms with Crippen LogP contribution in [-0.2, 0) is 4.79 Å². The summed E-state index contributed by atoms with van der Waals surface area (Å²) in [7, 11) is 0. The molecule has 0 unspecified atom stereocenters. The van der Waals surface area contributed by atoms with Gasteiger partial charge in [-0.1, -0.05) is 19.9 Å². The molecule has 106 valence electrons. The zero-order chi connectivity index (χ0) is 14.7. The number of nitrogens with one attached hydrogen (secondary N) is 1. The molecule has 2 N–H and O–H groups in total. The third-order valence-corrected chi connectivity index (χ3v) is 4.57. The van der Waals surface area contributed by atoms with E-state index in [0.717, 1.165) is 9.88 Å². The molecule has 5 nitrogen and oxygen atoms in total. The second kappa shape index (κ2) is 6.15. The van der Waals surface area contributed by atoms with Gasteiger partial charge in [-0.05, 0) is 17.4 Å². The number of thiazole rings is 1. The number of hydrogen-bond acceptors (Lipinski definition) is 5. The molecule has 0 aliphatic heterocycles. The molecule has 0 bridgehead atoms. The maximum atomic E-state index is 12.0. The van der Waals surface area contributed by atoms with E-state index in [4.69, 9.17) is 5.11 Å². The van der Waals surface area contributed by atoms with Crippen molar-refractivity contribution in [1.29, 1.82) is 0 Å². The Morgan fingerprint density at radius 1 is 1.35 bits per heavy atom. The molecule has 2 aromatic heterocycles. The molecule has 1 amide bonds. The number of rotatable bonds is 5. The number of carbonyl (C=O) groups excluding carboxylic acids is 1. The number of carboxylic acids is 1. The van der Waals surface area contributed by atoms with Crippen molar-refractivity contribution >= 4 is 34.6 Å². The van der Waals surface area contributed by atoms with E-state index in [1.807, 2.05) is 17.5 Å². The first-order chi connectivity index (χ1) is 9.49. The topological polar surface area (TPSA) is 79.3 Å². The average molecular weight is 310 g/mol. The van der Waals surface area contributed by atoms with Gasteiger partial charge in [-0.15, -0.1) is 22.7 Å². The highest BCUT2D eigenvalue weighted by molar-refractivity contribution is 7.20. The zero-order valence-corrected chi connectivity index (χ0v) is 12.6. The van der Waals surface area contributed by atoms with Crippen molar-refractivity contribution in [3.05, 3.63) is 28.6 Å². The lowest BCUT2D eigenvalue weighted by Crippen LogP contribution is -2.44. The Morgan fingerprint density at radius 3 is 2.65 bits per heavy atom. The number of hydrogen-bond donors (Lipinski definition) is 2. The van der Waals surface area contributed by atoms with E-state index >= 15 is 0 Å². The van der Waals surface area contributed by atoms with E-state index in [0.29, 0.717) is 0 Å². The Kier molecular flexibility index (Phi) is 4.51. The predicted octanol–water partition coefficient (Wildman–Crippen LogP) is 2.71. The largest absolute Gasteiger partial charge is 0.480 e. The van der Waals surface area contributed by atoms with Gasteiger partial charge in [0.2, 0.25) is 0 Å². The van der Waals surface area contributed by atoms with Crippen LogP contribution in [0.5, 0.6) is 0 Å². The van der Waals surface area contributed by atoms with E-state index in [1.165, 1.54) is 11.3 Å². The standard InChI is InChI=1S/C13H14N2O3S2/c1-7(2)10(13(17)18)15-11(16)8-6-20-12(14-8)9-4-3-5-19-9/h3-7,10H,1-2H3,(H,15,16)(H,17,18)/t10-/m0/s1. The zero-order valence-electron chi connectivity index (χ0n) is 11.0. The van der Waals surface area contributed by atoms with Gasteiger partial charge in [-0.3, -0.25) is 4.79 Å². The summed E-state index contributed by atoms with van der Waals surface area (Å²) in [6.07, 6.45) is 0. The first-order valence-electron chi connectivity index (χ1n) is 6.02. The normalized spacial score (nSPS) is 12.3. The lowest BCUT2D eigenvalue weighted by atomic mass is 10.0. The summed E-state index contributed by atoms with van der Waals surface area (Å²) < 4.78 is 0. The van der Waals surface area contributed by atoms with Crippen molar-refractivity contribution in [3.63, 3.8) is 0 Å². The fourth-order valence-corrected chi connectivity index (χ4v) is 3.23. The van der Waals surface area contributed by atoms with E-state index in [2.05, 4.69) is 10.3 Å². The van der Waals surface area contributed by atoms with Crippen LogP contribution in [0.2, 0.25) is 0 Å². The molecule has 2 rings (SSSR count). The molecule has 0 fully saturated rings. The number of amides is 1. The number of nitrogens with zero attached hydrogens (tertiary/aromatic N) is 1. The third-order valence-electron chi connectivity index (χ3n) is 2.69. The quantitative estimate of drug-likeness (QED) is 0.890. The summed E-state index contributed by atoms with van der Waals surface area (Å²) in [6, 6.07) is 2.94. The molecule has 20 heavy (non-hydrogen) atoms. The Bertz CT molecular complexity index is 605. The minimum Gasteiger partial charge on any atom is -0.480 e. The van der Waals surface area contributed by atoms with Crippen LogP contribution in [0.3, 0.4) is 0 Å². The lowest BCUT2D eigenvalue weighted by molar-refractivity contribution is -0.140. The molecule has 0 aromatic carbocycles. The van der Waals surface area contributed by atoms with Crippen LogP contribution in [0.1, 0.15) is 24.3 Å². The molecule has 0 saturated heterocycles. The van der Waals surface area contributed by atoms with Crippen LogP contribution in [0.25, 0.3) is 9.88 Å². The van der Waals surface area contributed by atoms with Crippen molar-refractivity contribution in [1.82, 2.24) is 10.3 Å². The fraction of sp³-hybridized carbons (Fsp3) is 0.308. The number of aliphatic carboxylic acids is 1. The molecular formula is C13H14N2O3S2. The molecule has 0 saturated carbocycles. The summed E-state index contributed by atoms with van der Waals surface area (Å²) in [6.45, 7) is 3.49. The first-order valence-corrected chi connectivity index (χ1v) is 7.78. The van der Waals surface area contributed by atoms with Gasteiger partial charge in [0.05, 0.1) is 4.88 Å². The minimum atomic E-state index is -1.04. The van der Waals surface area contributed by atoms with Gasteiger partial charge in [0, 0.05) is 5.38 Å². The first kappa shape index (κ1) is 14.7. The van der Waals surface area contributed by atoms with Gasteiger partial charge in [0.25, 0.3) is 5.91 Å². The molecule has 0 spiro atoms. The van der Waals surface area contributed by atoms with Crippen molar-refractivity contribution in [3.8, 4) is 9.88 Å². The maximum Gasteiger partial charge on any atom is 0.326 e. The summed E-state index contributed by atoms with van der Waals surface area (Å²) in [5.74, 6) is -1.68. The average Bonchev–Trinajstić information content (AvgIpc) is 3.04. The summed E-state index contributed by atoms with van der Waals surface area (Å²) in [5.41, 5.74) is 0.255. The van der Waals surface area contributed by atoms with E-state index in [-0.39, 0.29) is 11.6 Å². The number of carboxylic acid groups (broad SMARTS) is 1. The number of thiophene rings is 1. The molecule has 2 heterocycles. The highest BCUT2D eigenvalue weighted by Crippen LogP contribution is 2.27. The van der Waals surface area contributed by atoms with E-state index < -0.39 is 17.9 Å². The SMILES string of the molecule is CC(C)[C@H](NC(=O)c1csc(-c2cccs2)n1)C(=O)O. The Morgan fingerprint density at radius 2 is 2.10 bits per heavy atom. The van der Waals surface area contributed by atoms with Crippen molar-refractivity contribution in [2.45, 2.75) is 19.9 Å². The van der Waals surface area contributed by atoms with Crippen LogP contribution in [0.4, 0.5) is 0 Å². The third kappa shape index (κ3) is 3.23. The second-order valence-corrected chi connectivity index (χ2v) is 6.35. The van der Waals surface area contributed by atoms with Crippen LogP contribution < -0.4 is 5.32 Å². The highest BCUT2D eigenvalue weighted by Gasteiger charge is 2.25. The van der Waals surface area contributed by atoms with Crippen LogP contribution >= 0.6 is 22.7 Å². The highest BCUT2D eigenvalue weighted by atomic mass is 32.1. The summed E-state index contributed by atoms with van der Waals surface area (Å²) >= 11 is 2.92. The van der Waals surface area contributed by atoms with Gasteiger partial charge in [-0.2, -0.15) is 0 Å². The van der Waals surface area contributed by atoms with Gasteiger partial charge >= 0.3 is 5.97 Å². The Balaban J connectivity index is 2.12. The van der Waals surface area contributed by atoms with E-state index in [9.17, 15) is 9.59 Å². The van der Waals surface area contributed by atoms with Crippen LogP contribution in [0.15, 0.2) is 22.9 Å². The summed E-state index contributed by atoms with van der Waals surface area (Å²) in [4.78, 5) is 28.3. The fourth-order valence-electron chi connectivity index (χ4n) is 1.62. The van der Waals surface area contributed by atoms with Crippen LogP contribution in [0, 0.1) is 5.92 Å². The molecule has 7 heteroatoms. The predicted molar refractivity (Wildman–Crippen MR) is 79.2 cm³/mol. The number of aromatic nitrogens is 1. The second-order valence-electron chi connectivity index (χ2n) is 4.55. The number of carbonyl (C=O) groups is 2. The van der Waals surface area contributed by atoms with Gasteiger partial charge in [0.1, 0.15) is 16.7 Å². The van der Waals surface area contributed by atoms with Gasteiger partial charge in [0.15, 0.2) is 0 Å². The van der Waals surface area contributed by atoms with Crippen molar-refractivity contribution in [2.75, 3.05) is 0 Å². The minimum absolute atomic E-state index is 0.188. The Labute approximate surface area is 124 Å². The molecule has 0 radical (unpaired) electrons. The Hall–Kier alpha value is -1.73. The van der Waals surface area contributed by atoms with E-state index in [1.54, 1.807) is 30.6 Å². The smallest absolute Gasteiger partial charge is 0.326 e. The molecule has 0 aliphatic carbocycles.